The third-order valence-corrected chi connectivity index (χ3v) is 3.87. The minimum absolute atomic E-state index is 0.578. The molecule has 0 atom stereocenters. The van der Waals surface area contributed by atoms with Crippen molar-refractivity contribution >= 4 is 21.9 Å². The molecular formula is C15H22BrN5O2. The molecule has 0 aliphatic rings. The molecule has 0 bridgehead atoms. The zero-order valence-electron chi connectivity index (χ0n) is 13.7. The molecule has 1 aromatic carbocycles. The van der Waals surface area contributed by atoms with E-state index in [1.807, 2.05) is 19.1 Å². The van der Waals surface area contributed by atoms with Crippen molar-refractivity contribution in [3.63, 3.8) is 0 Å². The van der Waals surface area contributed by atoms with E-state index in [0.717, 1.165) is 29.4 Å². The van der Waals surface area contributed by atoms with Crippen molar-refractivity contribution in [3.8, 4) is 11.5 Å². The first-order chi connectivity index (χ1) is 11.2. The van der Waals surface area contributed by atoms with Gasteiger partial charge in [0.15, 0.2) is 11.5 Å². The molecule has 0 radical (unpaired) electrons. The van der Waals surface area contributed by atoms with Gasteiger partial charge in [-0.1, -0.05) is 18.4 Å². The standard InChI is InChI=1S/C15H22BrN5O2/c1-4-6-7-21-15(18-19-20-21)17-10-11-8-12(16)14(22-3)13(9-11)23-5-2/h8-9H,4-7,10H2,1-3H3,(H,17,18,20). The van der Waals surface area contributed by atoms with Gasteiger partial charge in [-0.25, -0.2) is 4.68 Å². The largest absolute Gasteiger partial charge is 0.492 e. The highest BCUT2D eigenvalue weighted by Crippen LogP contribution is 2.36. The molecule has 0 saturated heterocycles. The first kappa shape index (κ1) is 17.5. The van der Waals surface area contributed by atoms with Crippen LogP contribution in [0, 0.1) is 0 Å². The topological polar surface area (TPSA) is 74.1 Å². The van der Waals surface area contributed by atoms with Crippen LogP contribution in [0.3, 0.4) is 0 Å². The van der Waals surface area contributed by atoms with Crippen molar-refractivity contribution in [1.82, 2.24) is 20.2 Å². The highest BCUT2D eigenvalue weighted by molar-refractivity contribution is 9.10. The lowest BCUT2D eigenvalue weighted by Crippen LogP contribution is -2.09. The molecular weight excluding hydrogens is 362 g/mol. The number of aryl methyl sites for hydroxylation is 1. The van der Waals surface area contributed by atoms with Crippen molar-refractivity contribution in [2.24, 2.45) is 0 Å². The molecule has 0 aliphatic carbocycles. The number of ether oxygens (including phenoxy) is 2. The molecule has 1 N–H and O–H groups in total. The number of aromatic nitrogens is 4. The van der Waals surface area contributed by atoms with Crippen LogP contribution in [0.2, 0.25) is 0 Å². The van der Waals surface area contributed by atoms with Gasteiger partial charge in [0.25, 0.3) is 0 Å². The number of nitrogens with one attached hydrogen (secondary N) is 1. The van der Waals surface area contributed by atoms with E-state index in [-0.39, 0.29) is 0 Å². The molecule has 7 nitrogen and oxygen atoms in total. The monoisotopic (exact) mass is 383 g/mol. The van der Waals surface area contributed by atoms with E-state index in [1.54, 1.807) is 11.8 Å². The fraction of sp³-hybridized carbons (Fsp3) is 0.533. The van der Waals surface area contributed by atoms with Crippen molar-refractivity contribution in [2.75, 3.05) is 19.0 Å². The van der Waals surface area contributed by atoms with Gasteiger partial charge in [0.2, 0.25) is 5.95 Å². The number of halogens is 1. The summed E-state index contributed by atoms with van der Waals surface area (Å²) in [6.45, 7) is 6.06. The molecule has 126 valence electrons. The predicted octanol–water partition coefficient (Wildman–Crippen LogP) is 3.26. The summed E-state index contributed by atoms with van der Waals surface area (Å²) >= 11 is 3.52. The zero-order valence-corrected chi connectivity index (χ0v) is 15.3. The van der Waals surface area contributed by atoms with Crippen LogP contribution in [0.1, 0.15) is 32.3 Å². The van der Waals surface area contributed by atoms with E-state index in [9.17, 15) is 0 Å². The summed E-state index contributed by atoms with van der Waals surface area (Å²) in [7, 11) is 1.63. The second-order valence-electron chi connectivity index (χ2n) is 4.97. The number of nitrogens with zero attached hydrogens (tertiary/aromatic N) is 4. The first-order valence-electron chi connectivity index (χ1n) is 7.68. The molecule has 0 fully saturated rings. The SMILES string of the molecule is CCCCn1nnnc1NCc1cc(Br)c(OC)c(OCC)c1. The van der Waals surface area contributed by atoms with Crippen molar-refractivity contribution in [3.05, 3.63) is 22.2 Å². The number of methoxy groups -OCH3 is 1. The number of benzene rings is 1. The van der Waals surface area contributed by atoms with Gasteiger partial charge in [0.05, 0.1) is 18.2 Å². The lowest BCUT2D eigenvalue weighted by molar-refractivity contribution is 0.309. The molecule has 1 heterocycles. The van der Waals surface area contributed by atoms with Gasteiger partial charge in [-0.3, -0.25) is 0 Å². The minimum atomic E-state index is 0.578. The molecule has 1 aromatic heterocycles. The quantitative estimate of drug-likeness (QED) is 0.716. The molecule has 0 aliphatic heterocycles. The fourth-order valence-electron chi connectivity index (χ4n) is 2.16. The Morgan fingerprint density at radius 3 is 2.83 bits per heavy atom. The summed E-state index contributed by atoms with van der Waals surface area (Å²) in [5.41, 5.74) is 1.05. The third kappa shape index (κ3) is 4.57. The minimum Gasteiger partial charge on any atom is -0.492 e. The summed E-state index contributed by atoms with van der Waals surface area (Å²) in [6, 6.07) is 3.95. The van der Waals surface area contributed by atoms with Crippen LogP contribution >= 0.6 is 15.9 Å². The Morgan fingerprint density at radius 1 is 1.30 bits per heavy atom. The molecule has 0 unspecified atom stereocenters. The van der Waals surface area contributed by atoms with Crippen LogP contribution in [0.15, 0.2) is 16.6 Å². The van der Waals surface area contributed by atoms with Crippen molar-refractivity contribution < 1.29 is 9.47 Å². The highest BCUT2D eigenvalue weighted by Gasteiger charge is 2.12. The van der Waals surface area contributed by atoms with E-state index < -0.39 is 0 Å². The highest BCUT2D eigenvalue weighted by atomic mass is 79.9. The van der Waals surface area contributed by atoms with Gasteiger partial charge in [0.1, 0.15) is 0 Å². The number of rotatable bonds is 9. The van der Waals surface area contributed by atoms with Crippen LogP contribution in [-0.2, 0) is 13.1 Å². The van der Waals surface area contributed by atoms with E-state index in [1.165, 1.54) is 0 Å². The van der Waals surface area contributed by atoms with E-state index in [0.29, 0.717) is 30.6 Å². The van der Waals surface area contributed by atoms with Crippen LogP contribution in [-0.4, -0.2) is 33.9 Å². The van der Waals surface area contributed by atoms with Gasteiger partial charge in [-0.15, -0.1) is 0 Å². The smallest absolute Gasteiger partial charge is 0.243 e. The second kappa shape index (κ2) is 8.71. The fourth-order valence-corrected chi connectivity index (χ4v) is 2.81. The Bertz CT molecular complexity index is 632. The normalized spacial score (nSPS) is 10.6. The lowest BCUT2D eigenvalue weighted by atomic mass is 10.2. The van der Waals surface area contributed by atoms with Gasteiger partial charge in [0, 0.05) is 13.1 Å². The van der Waals surface area contributed by atoms with E-state index in [2.05, 4.69) is 43.7 Å². The number of hydrogen-bond acceptors (Lipinski definition) is 6. The van der Waals surface area contributed by atoms with Crippen LogP contribution in [0.4, 0.5) is 5.95 Å². The molecule has 23 heavy (non-hydrogen) atoms. The molecule has 2 aromatic rings. The van der Waals surface area contributed by atoms with Crippen molar-refractivity contribution in [2.45, 2.75) is 39.8 Å². The van der Waals surface area contributed by atoms with E-state index >= 15 is 0 Å². The van der Waals surface area contributed by atoms with Crippen LogP contribution < -0.4 is 14.8 Å². The number of hydrogen-bond donors (Lipinski definition) is 1. The number of tetrazole rings is 1. The summed E-state index contributed by atoms with van der Waals surface area (Å²) in [5.74, 6) is 2.08. The zero-order chi connectivity index (χ0) is 16.7. The Labute approximate surface area is 144 Å². The first-order valence-corrected chi connectivity index (χ1v) is 8.48. The molecule has 2 rings (SSSR count). The summed E-state index contributed by atoms with van der Waals surface area (Å²) in [5, 5.41) is 15.0. The third-order valence-electron chi connectivity index (χ3n) is 3.28. The van der Waals surface area contributed by atoms with Gasteiger partial charge < -0.3 is 14.8 Å². The maximum Gasteiger partial charge on any atom is 0.243 e. The van der Waals surface area contributed by atoms with Crippen LogP contribution in [0.25, 0.3) is 0 Å². The summed E-state index contributed by atoms with van der Waals surface area (Å²) in [4.78, 5) is 0. The summed E-state index contributed by atoms with van der Waals surface area (Å²) < 4.78 is 13.6. The maximum atomic E-state index is 5.63. The lowest BCUT2D eigenvalue weighted by Gasteiger charge is -2.14. The van der Waals surface area contributed by atoms with E-state index in [4.69, 9.17) is 9.47 Å². The van der Waals surface area contributed by atoms with Gasteiger partial charge in [-0.05, 0) is 57.4 Å². The predicted molar refractivity (Wildman–Crippen MR) is 91.9 cm³/mol. The average molecular weight is 384 g/mol. The van der Waals surface area contributed by atoms with Gasteiger partial charge >= 0.3 is 0 Å². The number of anilines is 1. The van der Waals surface area contributed by atoms with Crippen LogP contribution in [0.5, 0.6) is 11.5 Å². The molecule has 8 heteroatoms. The second-order valence-corrected chi connectivity index (χ2v) is 5.83. The maximum absolute atomic E-state index is 5.63. The number of unbranched alkanes of at least 4 members (excludes halogenated alkanes) is 1. The van der Waals surface area contributed by atoms with Crippen molar-refractivity contribution in [1.29, 1.82) is 0 Å². The molecule has 0 amide bonds. The van der Waals surface area contributed by atoms with Gasteiger partial charge in [-0.2, -0.15) is 0 Å². The summed E-state index contributed by atoms with van der Waals surface area (Å²) in [6.07, 6.45) is 2.14. The Balaban J connectivity index is 2.10. The average Bonchev–Trinajstić information content (AvgIpc) is 2.98. The Morgan fingerprint density at radius 2 is 2.13 bits per heavy atom. The Hall–Kier alpha value is -1.83. The molecule has 0 saturated carbocycles. The molecule has 0 spiro atoms. The Kier molecular flexibility index (Phi) is 6.64.